The maximum Gasteiger partial charge on any atom is 0.328 e. The van der Waals surface area contributed by atoms with Crippen molar-refractivity contribution in [3.63, 3.8) is 0 Å². The number of amides is 1. The van der Waals surface area contributed by atoms with Crippen molar-refractivity contribution in [1.82, 2.24) is 25.1 Å². The van der Waals surface area contributed by atoms with Crippen molar-refractivity contribution < 1.29 is 14.3 Å². The molecule has 3 aliphatic heterocycles. The van der Waals surface area contributed by atoms with E-state index in [1.807, 2.05) is 25.2 Å². The molecule has 1 amide bonds. The molecule has 3 N–H and O–H groups in total. The zero-order valence-electron chi connectivity index (χ0n) is 23.2. The van der Waals surface area contributed by atoms with Gasteiger partial charge in [0, 0.05) is 49.7 Å². The Hall–Kier alpha value is -2.66. The van der Waals surface area contributed by atoms with Gasteiger partial charge in [-0.2, -0.15) is 0 Å². The highest BCUT2D eigenvalue weighted by molar-refractivity contribution is 6.32. The standard InChI is InChI=1S/C28H39Cl2N7O3/c1-4-19(7-6-18(3)29)16-35-11-8-21(9-12-35)37-14-13-36(17-20(37)5-2)26-24(30)33-23(25(31)34-26)27(38)32-22-10-15-40-28(22)39/h4,6-7,20-22H,1,5,8-17H2,2-3H3,(H2,31,34)(H,32,38)/b18-6+,19-7+. The Labute approximate surface area is 246 Å². The van der Waals surface area contributed by atoms with Crippen LogP contribution in [0.25, 0.3) is 0 Å². The lowest BCUT2D eigenvalue weighted by Crippen LogP contribution is -2.58. The van der Waals surface area contributed by atoms with Crippen molar-refractivity contribution >= 4 is 46.7 Å². The molecule has 1 aromatic rings. The molecule has 4 rings (SSSR count). The predicted octanol–water partition coefficient (Wildman–Crippen LogP) is 3.38. The molecule has 0 radical (unpaired) electrons. The minimum absolute atomic E-state index is 0.0178. The van der Waals surface area contributed by atoms with Gasteiger partial charge in [0.25, 0.3) is 5.91 Å². The Balaban J connectivity index is 1.35. The van der Waals surface area contributed by atoms with E-state index < -0.39 is 17.9 Å². The molecule has 0 aromatic carbocycles. The van der Waals surface area contributed by atoms with E-state index in [1.165, 1.54) is 5.57 Å². The number of halogens is 2. The van der Waals surface area contributed by atoms with Crippen LogP contribution in [0.1, 0.15) is 50.0 Å². The highest BCUT2D eigenvalue weighted by Gasteiger charge is 2.35. The van der Waals surface area contributed by atoms with E-state index in [9.17, 15) is 9.59 Å². The average Bonchev–Trinajstić information content (AvgIpc) is 3.35. The number of cyclic esters (lactones) is 1. The van der Waals surface area contributed by atoms with Crippen molar-refractivity contribution in [2.24, 2.45) is 0 Å². The molecule has 1 aromatic heterocycles. The number of carbonyl (C=O) groups is 2. The first-order valence-electron chi connectivity index (χ1n) is 13.9. The zero-order chi connectivity index (χ0) is 28.8. The number of hydrogen-bond donors (Lipinski definition) is 2. The Kier molecular flexibility index (Phi) is 10.5. The normalized spacial score (nSPS) is 23.8. The van der Waals surface area contributed by atoms with Crippen LogP contribution in [0.5, 0.6) is 0 Å². The molecule has 0 bridgehead atoms. The Morgan fingerprint density at radius 2 is 1.95 bits per heavy atom. The lowest BCUT2D eigenvalue weighted by atomic mass is 9.98. The molecule has 3 aliphatic rings. The summed E-state index contributed by atoms with van der Waals surface area (Å²) in [6.07, 6.45) is 9.47. The average molecular weight is 593 g/mol. The summed E-state index contributed by atoms with van der Waals surface area (Å²) >= 11 is 12.5. The van der Waals surface area contributed by atoms with Crippen LogP contribution >= 0.6 is 23.2 Å². The molecule has 0 saturated carbocycles. The number of esters is 1. The predicted molar refractivity (Wildman–Crippen MR) is 159 cm³/mol. The van der Waals surface area contributed by atoms with Crippen molar-refractivity contribution in [3.8, 4) is 0 Å². The van der Waals surface area contributed by atoms with Crippen LogP contribution in [-0.4, -0.2) is 95.6 Å². The summed E-state index contributed by atoms with van der Waals surface area (Å²) in [5.74, 6) is -0.597. The molecule has 3 fully saturated rings. The summed E-state index contributed by atoms with van der Waals surface area (Å²) in [6, 6.07) is 0.140. The molecular formula is C28H39Cl2N7O3. The van der Waals surface area contributed by atoms with Crippen molar-refractivity contribution in [2.45, 2.75) is 57.7 Å². The fourth-order valence-electron chi connectivity index (χ4n) is 5.62. The van der Waals surface area contributed by atoms with Crippen LogP contribution in [-0.2, 0) is 9.53 Å². The topological polar surface area (TPSA) is 117 Å². The van der Waals surface area contributed by atoms with Gasteiger partial charge in [-0.05, 0) is 50.9 Å². The molecule has 2 unspecified atom stereocenters. The van der Waals surface area contributed by atoms with Gasteiger partial charge in [-0.1, -0.05) is 48.9 Å². The molecule has 2 atom stereocenters. The lowest BCUT2D eigenvalue weighted by Gasteiger charge is -2.47. The molecular weight excluding hydrogens is 553 g/mol. The third-order valence-corrected chi connectivity index (χ3v) is 8.22. The number of nitrogen functional groups attached to an aromatic ring is 1. The van der Waals surface area contributed by atoms with Gasteiger partial charge in [0.05, 0.1) is 6.61 Å². The number of aromatic nitrogens is 2. The summed E-state index contributed by atoms with van der Waals surface area (Å²) in [7, 11) is 0. The summed E-state index contributed by atoms with van der Waals surface area (Å²) in [6.45, 7) is 13.6. The summed E-state index contributed by atoms with van der Waals surface area (Å²) in [4.78, 5) is 40.3. The first-order chi connectivity index (χ1) is 19.2. The Bertz CT molecular complexity index is 1160. The van der Waals surface area contributed by atoms with Gasteiger partial charge in [-0.15, -0.1) is 0 Å². The molecule has 12 heteroatoms. The number of anilines is 2. The number of piperidine rings is 1. The minimum atomic E-state index is -0.713. The largest absolute Gasteiger partial charge is 0.464 e. The van der Waals surface area contributed by atoms with E-state index in [1.54, 1.807) is 0 Å². The number of rotatable bonds is 9. The number of allylic oxidation sites excluding steroid dienone is 3. The molecule has 4 heterocycles. The number of piperazine rings is 1. The maximum atomic E-state index is 12.7. The molecule has 0 aliphatic carbocycles. The second-order valence-corrected chi connectivity index (χ2v) is 11.5. The van der Waals surface area contributed by atoms with Gasteiger partial charge >= 0.3 is 5.97 Å². The highest BCUT2D eigenvalue weighted by atomic mass is 35.5. The zero-order valence-corrected chi connectivity index (χ0v) is 24.8. The van der Waals surface area contributed by atoms with E-state index in [0.29, 0.717) is 24.3 Å². The van der Waals surface area contributed by atoms with Crippen LogP contribution in [0.15, 0.2) is 35.4 Å². The van der Waals surface area contributed by atoms with Gasteiger partial charge in [0.2, 0.25) is 0 Å². The van der Waals surface area contributed by atoms with E-state index in [0.717, 1.165) is 63.6 Å². The molecule has 40 heavy (non-hydrogen) atoms. The first kappa shape index (κ1) is 30.3. The fraction of sp³-hybridized carbons (Fsp3) is 0.571. The van der Waals surface area contributed by atoms with E-state index in [2.05, 4.69) is 43.5 Å². The van der Waals surface area contributed by atoms with Gasteiger partial charge in [-0.3, -0.25) is 14.6 Å². The second kappa shape index (κ2) is 13.8. The summed E-state index contributed by atoms with van der Waals surface area (Å²) < 4.78 is 4.90. The van der Waals surface area contributed by atoms with E-state index in [4.69, 9.17) is 33.7 Å². The number of hydrogen-bond acceptors (Lipinski definition) is 9. The van der Waals surface area contributed by atoms with E-state index >= 15 is 0 Å². The van der Waals surface area contributed by atoms with Gasteiger partial charge in [0.1, 0.15) is 6.04 Å². The smallest absolute Gasteiger partial charge is 0.328 e. The van der Waals surface area contributed by atoms with Crippen LogP contribution in [0, 0.1) is 0 Å². The minimum Gasteiger partial charge on any atom is -0.464 e. The van der Waals surface area contributed by atoms with Crippen LogP contribution < -0.4 is 16.0 Å². The van der Waals surface area contributed by atoms with Gasteiger partial charge < -0.3 is 20.7 Å². The Morgan fingerprint density at radius 1 is 1.20 bits per heavy atom. The summed E-state index contributed by atoms with van der Waals surface area (Å²) in [5, 5.41) is 3.48. The third-order valence-electron chi connectivity index (χ3n) is 7.84. The first-order valence-corrected chi connectivity index (χ1v) is 14.6. The third kappa shape index (κ3) is 7.34. The number of ether oxygens (including phenoxy) is 1. The number of likely N-dealkylation sites (tertiary alicyclic amines) is 1. The van der Waals surface area contributed by atoms with Gasteiger partial charge in [0.15, 0.2) is 22.5 Å². The Morgan fingerprint density at radius 3 is 2.58 bits per heavy atom. The number of nitrogens with zero attached hydrogens (tertiary/aromatic N) is 5. The van der Waals surface area contributed by atoms with Gasteiger partial charge in [-0.25, -0.2) is 14.8 Å². The summed E-state index contributed by atoms with van der Waals surface area (Å²) in [5.41, 5.74) is 7.22. The van der Waals surface area contributed by atoms with Crippen molar-refractivity contribution in [1.29, 1.82) is 0 Å². The number of carbonyl (C=O) groups excluding carboxylic acids is 2. The van der Waals surface area contributed by atoms with Crippen LogP contribution in [0.2, 0.25) is 5.15 Å². The quantitative estimate of drug-likeness (QED) is 0.329. The van der Waals surface area contributed by atoms with Crippen molar-refractivity contribution in [3.05, 3.63) is 46.3 Å². The van der Waals surface area contributed by atoms with E-state index in [-0.39, 0.29) is 23.3 Å². The molecule has 218 valence electrons. The molecule has 3 saturated heterocycles. The number of nitrogens with one attached hydrogen (secondary N) is 1. The van der Waals surface area contributed by atoms with Crippen LogP contribution in [0.3, 0.4) is 0 Å². The maximum absolute atomic E-state index is 12.7. The highest BCUT2D eigenvalue weighted by Crippen LogP contribution is 2.30. The molecule has 0 spiro atoms. The SMILES string of the molecule is C=C/C(=C\C=C(/C)Cl)CN1CCC(N2CCN(c3nc(N)c(C(=O)NC4CCOC4=O)nc3Cl)CC2CC)CC1. The fourth-order valence-corrected chi connectivity index (χ4v) is 5.93. The number of nitrogens with two attached hydrogens (primary N) is 1. The second-order valence-electron chi connectivity index (χ2n) is 10.5. The molecule has 10 nitrogen and oxygen atoms in total. The lowest BCUT2D eigenvalue weighted by molar-refractivity contribution is -0.139. The van der Waals surface area contributed by atoms with Crippen LogP contribution in [0.4, 0.5) is 11.6 Å². The van der Waals surface area contributed by atoms with Crippen molar-refractivity contribution in [2.75, 3.05) is 56.5 Å². The monoisotopic (exact) mass is 591 g/mol.